The Kier molecular flexibility index (Phi) is 5.87. The summed E-state index contributed by atoms with van der Waals surface area (Å²) in [6, 6.07) is 10.7. The molecule has 0 amide bonds. The van der Waals surface area contributed by atoms with Gasteiger partial charge in [-0.15, -0.1) is 0 Å². The largest absolute Gasteiger partial charge is 0.459 e. The van der Waals surface area contributed by atoms with Crippen molar-refractivity contribution in [1.29, 1.82) is 0 Å². The Bertz CT molecular complexity index is 1150. The van der Waals surface area contributed by atoms with Crippen LogP contribution in [0, 0.1) is 6.92 Å². The Morgan fingerprint density at radius 3 is 2.53 bits per heavy atom. The van der Waals surface area contributed by atoms with Crippen LogP contribution in [0.3, 0.4) is 0 Å². The maximum atomic E-state index is 12.6. The predicted octanol–water partition coefficient (Wildman–Crippen LogP) is 3.10. The second-order valence-electron chi connectivity index (χ2n) is 7.62. The van der Waals surface area contributed by atoms with Crippen LogP contribution in [-0.4, -0.2) is 41.2 Å². The van der Waals surface area contributed by atoms with E-state index >= 15 is 0 Å². The molecular formula is C22H25N3O4S. The standard InChI is InChI=1S/C22H25N3O4S/c1-17-4-10-21-23-19(15-24(21)14-17)16-29-22(26)11-7-18-5-8-20(9-6-18)30(27,28)25-12-2-3-13-25/h4-6,8-10,14-15H,2-3,7,11-13,16H2,1H3. The first kappa shape index (κ1) is 20.6. The number of carbonyl (C=O) groups is 1. The van der Waals surface area contributed by atoms with E-state index in [2.05, 4.69) is 4.98 Å². The van der Waals surface area contributed by atoms with E-state index < -0.39 is 10.0 Å². The van der Waals surface area contributed by atoms with Gasteiger partial charge in [-0.05, 0) is 55.5 Å². The normalized spacial score (nSPS) is 15.0. The number of benzene rings is 1. The zero-order valence-corrected chi connectivity index (χ0v) is 17.8. The molecule has 158 valence electrons. The molecule has 0 unspecified atom stereocenters. The Hall–Kier alpha value is -2.71. The molecule has 4 rings (SSSR count). The number of aromatic nitrogens is 2. The Morgan fingerprint density at radius 2 is 1.80 bits per heavy atom. The van der Waals surface area contributed by atoms with Crippen molar-refractivity contribution in [3.05, 3.63) is 65.6 Å². The van der Waals surface area contributed by atoms with Crippen LogP contribution in [-0.2, 0) is 32.6 Å². The number of pyridine rings is 1. The summed E-state index contributed by atoms with van der Waals surface area (Å²) in [5.41, 5.74) is 3.54. The van der Waals surface area contributed by atoms with Crippen molar-refractivity contribution >= 4 is 21.6 Å². The van der Waals surface area contributed by atoms with E-state index in [0.717, 1.165) is 29.6 Å². The van der Waals surface area contributed by atoms with Crippen LogP contribution in [0.1, 0.15) is 36.1 Å². The molecule has 0 spiro atoms. The summed E-state index contributed by atoms with van der Waals surface area (Å²) in [5, 5.41) is 0. The first-order valence-electron chi connectivity index (χ1n) is 10.1. The van der Waals surface area contributed by atoms with Crippen LogP contribution in [0.15, 0.2) is 53.7 Å². The van der Waals surface area contributed by atoms with Gasteiger partial charge in [-0.25, -0.2) is 13.4 Å². The van der Waals surface area contributed by atoms with Gasteiger partial charge in [0.15, 0.2) is 0 Å². The minimum absolute atomic E-state index is 0.132. The third-order valence-electron chi connectivity index (χ3n) is 5.27. The van der Waals surface area contributed by atoms with Gasteiger partial charge in [0.05, 0.1) is 10.6 Å². The van der Waals surface area contributed by atoms with Crippen molar-refractivity contribution in [2.45, 2.75) is 44.1 Å². The lowest BCUT2D eigenvalue weighted by atomic mass is 10.1. The molecule has 1 saturated heterocycles. The smallest absolute Gasteiger partial charge is 0.306 e. The second kappa shape index (κ2) is 8.57. The van der Waals surface area contributed by atoms with Crippen LogP contribution >= 0.6 is 0 Å². The molecule has 0 N–H and O–H groups in total. The topological polar surface area (TPSA) is 81.0 Å². The molecule has 1 fully saturated rings. The molecule has 0 radical (unpaired) electrons. The van der Waals surface area contributed by atoms with E-state index in [9.17, 15) is 13.2 Å². The summed E-state index contributed by atoms with van der Waals surface area (Å²) < 4.78 is 33.9. The Labute approximate surface area is 176 Å². The molecule has 30 heavy (non-hydrogen) atoms. The fraction of sp³-hybridized carbons (Fsp3) is 0.364. The number of hydrogen-bond acceptors (Lipinski definition) is 5. The minimum atomic E-state index is -3.41. The predicted molar refractivity (Wildman–Crippen MR) is 112 cm³/mol. The summed E-state index contributed by atoms with van der Waals surface area (Å²) in [4.78, 5) is 16.8. The summed E-state index contributed by atoms with van der Waals surface area (Å²) in [6.07, 6.45) is 6.37. The van der Waals surface area contributed by atoms with Crippen LogP contribution in [0.25, 0.3) is 5.65 Å². The quantitative estimate of drug-likeness (QED) is 0.541. The molecule has 0 bridgehead atoms. The lowest BCUT2D eigenvalue weighted by Gasteiger charge is -2.15. The van der Waals surface area contributed by atoms with Crippen molar-refractivity contribution in [3.8, 4) is 0 Å². The molecule has 1 aliphatic rings. The fourth-order valence-electron chi connectivity index (χ4n) is 3.60. The van der Waals surface area contributed by atoms with E-state index in [1.165, 1.54) is 4.31 Å². The zero-order chi connectivity index (χ0) is 21.1. The lowest BCUT2D eigenvalue weighted by molar-refractivity contribution is -0.145. The number of imidazole rings is 1. The first-order valence-corrected chi connectivity index (χ1v) is 11.5. The lowest BCUT2D eigenvalue weighted by Crippen LogP contribution is -2.27. The van der Waals surface area contributed by atoms with E-state index in [4.69, 9.17) is 4.74 Å². The van der Waals surface area contributed by atoms with Gasteiger partial charge in [-0.3, -0.25) is 4.79 Å². The highest BCUT2D eigenvalue weighted by atomic mass is 32.2. The number of nitrogens with zero attached hydrogens (tertiary/aromatic N) is 3. The highest BCUT2D eigenvalue weighted by Crippen LogP contribution is 2.21. The van der Waals surface area contributed by atoms with Gasteiger partial charge >= 0.3 is 5.97 Å². The first-order chi connectivity index (χ1) is 14.4. The van der Waals surface area contributed by atoms with Gasteiger partial charge in [0.25, 0.3) is 0 Å². The van der Waals surface area contributed by atoms with Crippen molar-refractivity contribution in [2.24, 2.45) is 0 Å². The molecule has 0 atom stereocenters. The molecular weight excluding hydrogens is 402 g/mol. The van der Waals surface area contributed by atoms with E-state index in [-0.39, 0.29) is 19.0 Å². The van der Waals surface area contributed by atoms with Gasteiger partial charge in [-0.2, -0.15) is 4.31 Å². The van der Waals surface area contributed by atoms with Crippen LogP contribution < -0.4 is 0 Å². The third-order valence-corrected chi connectivity index (χ3v) is 7.19. The molecule has 1 aliphatic heterocycles. The molecule has 8 heteroatoms. The van der Waals surface area contributed by atoms with Crippen molar-refractivity contribution in [3.63, 3.8) is 0 Å². The van der Waals surface area contributed by atoms with Gasteiger partial charge in [0, 0.05) is 31.9 Å². The van der Waals surface area contributed by atoms with Gasteiger partial charge in [0.2, 0.25) is 10.0 Å². The molecule has 0 saturated carbocycles. The highest BCUT2D eigenvalue weighted by molar-refractivity contribution is 7.89. The maximum Gasteiger partial charge on any atom is 0.306 e. The summed E-state index contributed by atoms with van der Waals surface area (Å²) >= 11 is 0. The maximum absolute atomic E-state index is 12.6. The SMILES string of the molecule is Cc1ccc2nc(COC(=O)CCc3ccc(S(=O)(=O)N4CCCC4)cc3)cn2c1. The average Bonchev–Trinajstić information content (AvgIpc) is 3.41. The van der Waals surface area contributed by atoms with E-state index in [1.54, 1.807) is 24.3 Å². The number of carbonyl (C=O) groups excluding carboxylic acids is 1. The van der Waals surface area contributed by atoms with Gasteiger partial charge < -0.3 is 9.14 Å². The second-order valence-corrected chi connectivity index (χ2v) is 9.56. The van der Waals surface area contributed by atoms with Crippen LogP contribution in [0.5, 0.6) is 0 Å². The Morgan fingerprint density at radius 1 is 1.07 bits per heavy atom. The number of sulfonamides is 1. The third kappa shape index (κ3) is 4.55. The summed E-state index contributed by atoms with van der Waals surface area (Å²) in [5.74, 6) is -0.308. The van der Waals surface area contributed by atoms with Crippen molar-refractivity contribution in [2.75, 3.05) is 13.1 Å². The summed E-state index contributed by atoms with van der Waals surface area (Å²) in [7, 11) is -3.41. The number of esters is 1. The van der Waals surface area contributed by atoms with Crippen LogP contribution in [0.2, 0.25) is 0 Å². The number of rotatable bonds is 7. The van der Waals surface area contributed by atoms with Gasteiger partial charge in [-0.1, -0.05) is 18.2 Å². The molecule has 7 nitrogen and oxygen atoms in total. The fourth-order valence-corrected chi connectivity index (χ4v) is 5.12. The highest BCUT2D eigenvalue weighted by Gasteiger charge is 2.26. The molecule has 0 aliphatic carbocycles. The van der Waals surface area contributed by atoms with E-state index in [1.807, 2.05) is 35.9 Å². The van der Waals surface area contributed by atoms with E-state index in [0.29, 0.717) is 30.1 Å². The number of hydrogen-bond donors (Lipinski definition) is 0. The molecule has 3 aromatic rings. The monoisotopic (exact) mass is 427 g/mol. The van der Waals surface area contributed by atoms with Gasteiger partial charge in [0.1, 0.15) is 12.3 Å². The summed E-state index contributed by atoms with van der Waals surface area (Å²) in [6.45, 7) is 3.31. The van der Waals surface area contributed by atoms with Crippen LogP contribution in [0.4, 0.5) is 0 Å². The molecule has 2 aromatic heterocycles. The number of fused-ring (bicyclic) bond motifs is 1. The number of ether oxygens (including phenoxy) is 1. The Balaban J connectivity index is 1.29. The molecule has 1 aromatic carbocycles. The average molecular weight is 428 g/mol. The zero-order valence-electron chi connectivity index (χ0n) is 17.0. The molecule has 3 heterocycles. The van der Waals surface area contributed by atoms with Crippen molar-refractivity contribution in [1.82, 2.24) is 13.7 Å². The van der Waals surface area contributed by atoms with Crippen molar-refractivity contribution < 1.29 is 17.9 Å². The minimum Gasteiger partial charge on any atom is -0.459 e. The number of aryl methyl sites for hydroxylation is 2.